The van der Waals surface area contributed by atoms with Crippen LogP contribution in [0.3, 0.4) is 0 Å². The second-order valence-electron chi connectivity index (χ2n) is 5.13. The predicted octanol–water partition coefficient (Wildman–Crippen LogP) is 2.34. The van der Waals surface area contributed by atoms with Crippen LogP contribution in [0, 0.1) is 6.92 Å². The SMILES string of the molecule is Cc1ccc([C@@H](C)c2c(C(N)=O)cccc2C(N)=O)cc1. The minimum Gasteiger partial charge on any atom is -0.366 e. The summed E-state index contributed by atoms with van der Waals surface area (Å²) in [5, 5.41) is 0. The van der Waals surface area contributed by atoms with E-state index in [1.807, 2.05) is 38.1 Å². The summed E-state index contributed by atoms with van der Waals surface area (Å²) in [6.45, 7) is 3.93. The number of carbonyl (C=O) groups is 2. The van der Waals surface area contributed by atoms with Crippen molar-refractivity contribution < 1.29 is 9.59 Å². The molecule has 0 radical (unpaired) electrons. The van der Waals surface area contributed by atoms with E-state index < -0.39 is 11.8 Å². The number of benzene rings is 2. The Morgan fingerprint density at radius 3 is 1.81 bits per heavy atom. The molecule has 108 valence electrons. The van der Waals surface area contributed by atoms with Crippen molar-refractivity contribution >= 4 is 11.8 Å². The highest BCUT2D eigenvalue weighted by atomic mass is 16.1. The van der Waals surface area contributed by atoms with Crippen LogP contribution >= 0.6 is 0 Å². The Labute approximate surface area is 123 Å². The standard InChI is InChI=1S/C17H18N2O2/c1-10-6-8-12(9-7-10)11(2)15-13(16(18)20)4-3-5-14(15)17(19)21/h3-9,11H,1-2H3,(H2,18,20)(H2,19,21)/t11-/m1/s1. The first-order chi connectivity index (χ1) is 9.91. The first kappa shape index (κ1) is 14.8. The van der Waals surface area contributed by atoms with Gasteiger partial charge in [-0.05, 0) is 30.2 Å². The number of hydrogen-bond acceptors (Lipinski definition) is 2. The van der Waals surface area contributed by atoms with Crippen LogP contribution in [0.25, 0.3) is 0 Å². The molecule has 0 saturated heterocycles. The highest BCUT2D eigenvalue weighted by Crippen LogP contribution is 2.30. The summed E-state index contributed by atoms with van der Waals surface area (Å²) in [5.41, 5.74) is 14.3. The highest BCUT2D eigenvalue weighted by molar-refractivity contribution is 6.01. The maximum absolute atomic E-state index is 11.7. The largest absolute Gasteiger partial charge is 0.366 e. The quantitative estimate of drug-likeness (QED) is 0.901. The van der Waals surface area contributed by atoms with Gasteiger partial charge in [0, 0.05) is 17.0 Å². The molecular formula is C17H18N2O2. The number of hydrogen-bond donors (Lipinski definition) is 2. The van der Waals surface area contributed by atoms with Crippen molar-refractivity contribution in [3.63, 3.8) is 0 Å². The molecule has 0 aliphatic rings. The van der Waals surface area contributed by atoms with E-state index in [0.29, 0.717) is 16.7 Å². The normalized spacial score (nSPS) is 11.9. The number of rotatable bonds is 4. The van der Waals surface area contributed by atoms with Crippen molar-refractivity contribution in [1.82, 2.24) is 0 Å². The van der Waals surface area contributed by atoms with Crippen LogP contribution in [0.4, 0.5) is 0 Å². The minimum absolute atomic E-state index is 0.156. The Kier molecular flexibility index (Phi) is 4.08. The third-order valence-corrected chi connectivity index (χ3v) is 3.65. The number of amides is 2. The Bertz CT molecular complexity index is 658. The van der Waals surface area contributed by atoms with Crippen LogP contribution in [0.15, 0.2) is 42.5 Å². The van der Waals surface area contributed by atoms with E-state index in [0.717, 1.165) is 11.1 Å². The van der Waals surface area contributed by atoms with E-state index >= 15 is 0 Å². The molecule has 0 fully saturated rings. The molecule has 2 aromatic carbocycles. The van der Waals surface area contributed by atoms with E-state index in [1.165, 1.54) is 0 Å². The molecule has 1 atom stereocenters. The average molecular weight is 282 g/mol. The summed E-state index contributed by atoms with van der Waals surface area (Å²) < 4.78 is 0. The van der Waals surface area contributed by atoms with Crippen molar-refractivity contribution in [2.75, 3.05) is 0 Å². The van der Waals surface area contributed by atoms with Crippen LogP contribution in [-0.4, -0.2) is 11.8 Å². The van der Waals surface area contributed by atoms with Gasteiger partial charge in [0.05, 0.1) is 0 Å². The van der Waals surface area contributed by atoms with E-state index in [9.17, 15) is 9.59 Å². The van der Waals surface area contributed by atoms with Crippen LogP contribution in [0.2, 0.25) is 0 Å². The van der Waals surface area contributed by atoms with E-state index in [2.05, 4.69) is 0 Å². The van der Waals surface area contributed by atoms with Gasteiger partial charge in [0.2, 0.25) is 11.8 Å². The molecule has 0 aromatic heterocycles. The molecule has 2 aromatic rings. The molecule has 21 heavy (non-hydrogen) atoms. The zero-order valence-corrected chi connectivity index (χ0v) is 12.1. The van der Waals surface area contributed by atoms with Gasteiger partial charge in [-0.3, -0.25) is 9.59 Å². The van der Waals surface area contributed by atoms with Gasteiger partial charge in [-0.25, -0.2) is 0 Å². The van der Waals surface area contributed by atoms with E-state index in [1.54, 1.807) is 18.2 Å². The highest BCUT2D eigenvalue weighted by Gasteiger charge is 2.21. The molecular weight excluding hydrogens is 264 g/mol. The maximum Gasteiger partial charge on any atom is 0.249 e. The Morgan fingerprint density at radius 2 is 1.38 bits per heavy atom. The third kappa shape index (κ3) is 2.94. The van der Waals surface area contributed by atoms with Crippen molar-refractivity contribution in [2.45, 2.75) is 19.8 Å². The lowest BCUT2D eigenvalue weighted by molar-refractivity contribution is 0.0999. The fourth-order valence-electron chi connectivity index (χ4n) is 2.48. The second-order valence-corrected chi connectivity index (χ2v) is 5.13. The lowest BCUT2D eigenvalue weighted by Gasteiger charge is -2.18. The maximum atomic E-state index is 11.7. The van der Waals surface area contributed by atoms with E-state index in [4.69, 9.17) is 11.5 Å². The fourth-order valence-corrected chi connectivity index (χ4v) is 2.48. The topological polar surface area (TPSA) is 86.2 Å². The van der Waals surface area contributed by atoms with E-state index in [-0.39, 0.29) is 5.92 Å². The summed E-state index contributed by atoms with van der Waals surface area (Å²) >= 11 is 0. The van der Waals surface area contributed by atoms with Crippen molar-refractivity contribution in [3.8, 4) is 0 Å². The fraction of sp³-hybridized carbons (Fsp3) is 0.176. The zero-order chi connectivity index (χ0) is 15.6. The van der Waals surface area contributed by atoms with Gasteiger partial charge in [0.25, 0.3) is 0 Å². The first-order valence-corrected chi connectivity index (χ1v) is 6.71. The number of nitrogens with two attached hydrogens (primary N) is 2. The van der Waals surface area contributed by atoms with Gasteiger partial charge in [-0.1, -0.05) is 42.8 Å². The Hall–Kier alpha value is -2.62. The first-order valence-electron chi connectivity index (χ1n) is 6.71. The summed E-state index contributed by atoms with van der Waals surface area (Å²) in [5.74, 6) is -1.28. The van der Waals surface area contributed by atoms with Gasteiger partial charge >= 0.3 is 0 Å². The molecule has 0 bridgehead atoms. The molecule has 2 rings (SSSR count). The number of aryl methyl sites for hydroxylation is 1. The summed E-state index contributed by atoms with van der Waals surface area (Å²) in [4.78, 5) is 23.3. The van der Waals surface area contributed by atoms with Crippen molar-refractivity contribution in [3.05, 3.63) is 70.3 Å². The Balaban J connectivity index is 2.62. The van der Waals surface area contributed by atoms with Crippen LogP contribution in [-0.2, 0) is 0 Å². The third-order valence-electron chi connectivity index (χ3n) is 3.65. The molecule has 0 spiro atoms. The van der Waals surface area contributed by atoms with Crippen molar-refractivity contribution in [1.29, 1.82) is 0 Å². The number of primary amides is 2. The molecule has 0 aliphatic heterocycles. The van der Waals surface area contributed by atoms with Crippen LogP contribution in [0.5, 0.6) is 0 Å². The summed E-state index contributed by atoms with van der Waals surface area (Å²) in [6.07, 6.45) is 0. The molecule has 0 heterocycles. The minimum atomic E-state index is -0.563. The molecule has 2 amide bonds. The average Bonchev–Trinajstić information content (AvgIpc) is 2.46. The van der Waals surface area contributed by atoms with Gasteiger partial charge in [-0.15, -0.1) is 0 Å². The predicted molar refractivity (Wildman–Crippen MR) is 82.2 cm³/mol. The zero-order valence-electron chi connectivity index (χ0n) is 12.1. The lowest BCUT2D eigenvalue weighted by Crippen LogP contribution is -2.21. The Morgan fingerprint density at radius 1 is 0.905 bits per heavy atom. The second kappa shape index (κ2) is 5.79. The van der Waals surface area contributed by atoms with Gasteiger partial charge in [0.1, 0.15) is 0 Å². The van der Waals surface area contributed by atoms with Gasteiger partial charge in [-0.2, -0.15) is 0 Å². The smallest absolute Gasteiger partial charge is 0.249 e. The lowest BCUT2D eigenvalue weighted by atomic mass is 9.85. The molecule has 4 nitrogen and oxygen atoms in total. The van der Waals surface area contributed by atoms with Crippen LogP contribution in [0.1, 0.15) is 50.2 Å². The van der Waals surface area contributed by atoms with Gasteiger partial charge in [0.15, 0.2) is 0 Å². The molecule has 4 heteroatoms. The summed E-state index contributed by atoms with van der Waals surface area (Å²) in [6, 6.07) is 12.8. The molecule has 0 aliphatic carbocycles. The van der Waals surface area contributed by atoms with Gasteiger partial charge < -0.3 is 11.5 Å². The number of carbonyl (C=O) groups excluding carboxylic acids is 2. The molecule has 0 saturated carbocycles. The van der Waals surface area contributed by atoms with Crippen molar-refractivity contribution in [2.24, 2.45) is 11.5 Å². The summed E-state index contributed by atoms with van der Waals surface area (Å²) in [7, 11) is 0. The monoisotopic (exact) mass is 282 g/mol. The molecule has 0 unspecified atom stereocenters. The van der Waals surface area contributed by atoms with Crippen LogP contribution < -0.4 is 11.5 Å². The molecule has 4 N–H and O–H groups in total.